The van der Waals surface area contributed by atoms with Crippen molar-refractivity contribution in [3.8, 4) is 0 Å². The molecule has 0 saturated carbocycles. The van der Waals surface area contributed by atoms with Crippen LogP contribution in [0.4, 0.5) is 5.69 Å². The van der Waals surface area contributed by atoms with Gasteiger partial charge in [-0.2, -0.15) is 0 Å². The Morgan fingerprint density at radius 2 is 1.85 bits per heavy atom. The van der Waals surface area contributed by atoms with E-state index in [1.807, 2.05) is 25.1 Å². The molecule has 4 rings (SSSR count). The van der Waals surface area contributed by atoms with Crippen LogP contribution in [-0.2, 0) is 17.9 Å². The molecule has 0 radical (unpaired) electrons. The minimum atomic E-state index is -0.337. The molecule has 1 aliphatic heterocycles. The van der Waals surface area contributed by atoms with Crippen molar-refractivity contribution >= 4 is 22.8 Å². The van der Waals surface area contributed by atoms with Gasteiger partial charge in [0.25, 0.3) is 5.56 Å². The van der Waals surface area contributed by atoms with Crippen LogP contribution in [0.3, 0.4) is 0 Å². The molecule has 0 unspecified atom stereocenters. The van der Waals surface area contributed by atoms with Crippen molar-refractivity contribution in [1.82, 2.24) is 29.4 Å². The van der Waals surface area contributed by atoms with Crippen LogP contribution in [0.2, 0.25) is 0 Å². The van der Waals surface area contributed by atoms with Gasteiger partial charge < -0.3 is 9.80 Å². The average Bonchev–Trinajstić information content (AvgIpc) is 3.15. The summed E-state index contributed by atoms with van der Waals surface area (Å²) in [5.74, 6) is -0.0890. The molecular formula is C18H21N7O2. The van der Waals surface area contributed by atoms with Crippen LogP contribution in [0.1, 0.15) is 6.92 Å². The fraction of sp³-hybridized carbons (Fsp3) is 0.389. The molecule has 0 bridgehead atoms. The first kappa shape index (κ1) is 17.2. The molecule has 0 aliphatic carbocycles. The van der Waals surface area contributed by atoms with Gasteiger partial charge in [0.05, 0.1) is 0 Å². The van der Waals surface area contributed by atoms with Crippen molar-refractivity contribution in [3.63, 3.8) is 0 Å². The molecule has 1 amide bonds. The van der Waals surface area contributed by atoms with Gasteiger partial charge in [-0.05, 0) is 19.1 Å². The molecule has 0 N–H and O–H groups in total. The number of carbonyl (C=O) groups excluding carboxylic acids is 1. The number of carbonyl (C=O) groups is 1. The van der Waals surface area contributed by atoms with Crippen LogP contribution in [0.15, 0.2) is 41.5 Å². The molecule has 27 heavy (non-hydrogen) atoms. The van der Waals surface area contributed by atoms with Gasteiger partial charge in [0.15, 0.2) is 11.2 Å². The van der Waals surface area contributed by atoms with E-state index in [-0.39, 0.29) is 23.5 Å². The van der Waals surface area contributed by atoms with Crippen LogP contribution >= 0.6 is 0 Å². The van der Waals surface area contributed by atoms with Crippen molar-refractivity contribution < 1.29 is 4.79 Å². The summed E-state index contributed by atoms with van der Waals surface area (Å²) in [5.41, 5.74) is 1.47. The number of hydrogen-bond acceptors (Lipinski definition) is 6. The zero-order chi connectivity index (χ0) is 18.8. The van der Waals surface area contributed by atoms with Crippen LogP contribution in [-0.4, -0.2) is 61.5 Å². The number of para-hydroxylation sites is 1. The number of rotatable bonds is 4. The molecule has 0 atom stereocenters. The van der Waals surface area contributed by atoms with Gasteiger partial charge in [-0.15, -0.1) is 5.10 Å². The van der Waals surface area contributed by atoms with Crippen LogP contribution < -0.4 is 10.5 Å². The van der Waals surface area contributed by atoms with Crippen molar-refractivity contribution in [2.24, 2.45) is 0 Å². The summed E-state index contributed by atoms with van der Waals surface area (Å²) < 4.78 is 2.87. The van der Waals surface area contributed by atoms with Crippen LogP contribution in [0, 0.1) is 0 Å². The van der Waals surface area contributed by atoms with E-state index in [2.05, 4.69) is 32.3 Å². The second kappa shape index (κ2) is 7.18. The number of aromatic nitrogens is 5. The summed E-state index contributed by atoms with van der Waals surface area (Å²) >= 11 is 0. The lowest BCUT2D eigenvalue weighted by atomic mass is 10.2. The van der Waals surface area contributed by atoms with Gasteiger partial charge in [0.1, 0.15) is 12.9 Å². The summed E-state index contributed by atoms with van der Waals surface area (Å²) in [5, 5.41) is 7.81. The molecule has 140 valence electrons. The second-order valence-corrected chi connectivity index (χ2v) is 6.46. The van der Waals surface area contributed by atoms with Crippen LogP contribution in [0.5, 0.6) is 0 Å². The molecule has 3 heterocycles. The highest BCUT2D eigenvalue weighted by molar-refractivity contribution is 5.77. The first-order valence-corrected chi connectivity index (χ1v) is 9.03. The Hall–Kier alpha value is -3.23. The third-order valence-corrected chi connectivity index (χ3v) is 4.85. The van der Waals surface area contributed by atoms with E-state index < -0.39 is 0 Å². The molecule has 1 aliphatic rings. The number of benzene rings is 1. The Morgan fingerprint density at radius 3 is 2.56 bits per heavy atom. The lowest BCUT2D eigenvalue weighted by Crippen LogP contribution is -2.50. The third-order valence-electron chi connectivity index (χ3n) is 4.85. The van der Waals surface area contributed by atoms with E-state index in [0.29, 0.717) is 25.3 Å². The van der Waals surface area contributed by atoms with Gasteiger partial charge in [-0.25, -0.2) is 9.67 Å². The normalized spacial score (nSPS) is 14.7. The summed E-state index contributed by atoms with van der Waals surface area (Å²) in [4.78, 5) is 33.5. The topological polar surface area (TPSA) is 89.1 Å². The molecule has 2 aromatic heterocycles. The Labute approximate surface area is 155 Å². The summed E-state index contributed by atoms with van der Waals surface area (Å²) in [6.45, 7) is 5.25. The average molecular weight is 367 g/mol. The maximum Gasteiger partial charge on any atom is 0.283 e. The van der Waals surface area contributed by atoms with Crippen molar-refractivity contribution in [3.05, 3.63) is 47.0 Å². The molecule has 1 saturated heterocycles. The number of fused-ring (bicyclic) bond motifs is 1. The Kier molecular flexibility index (Phi) is 4.57. The number of aryl methyl sites for hydroxylation is 1. The van der Waals surface area contributed by atoms with E-state index in [1.165, 1.54) is 10.9 Å². The van der Waals surface area contributed by atoms with Gasteiger partial charge in [0.2, 0.25) is 5.91 Å². The fourth-order valence-electron chi connectivity index (χ4n) is 3.31. The standard InChI is InChI=1S/C18H21N7O2/c1-2-25-17-16(20-21-25)18(27)24(13-19-17)12-15(26)23-10-8-22(9-11-23)14-6-4-3-5-7-14/h3-7,13H,2,8-12H2,1H3. The number of hydrogen-bond donors (Lipinski definition) is 0. The first-order chi connectivity index (χ1) is 13.2. The quantitative estimate of drug-likeness (QED) is 0.661. The Bertz CT molecular complexity index is 1000. The summed E-state index contributed by atoms with van der Waals surface area (Å²) in [7, 11) is 0. The maximum absolute atomic E-state index is 12.6. The SMILES string of the molecule is CCn1nnc2c(=O)n(CC(=O)N3CCN(c4ccccc4)CC3)cnc21. The highest BCUT2D eigenvalue weighted by atomic mass is 16.2. The predicted molar refractivity (Wildman–Crippen MR) is 100 cm³/mol. The molecule has 1 aromatic carbocycles. The molecule has 3 aromatic rings. The monoisotopic (exact) mass is 367 g/mol. The molecule has 9 heteroatoms. The number of nitrogens with zero attached hydrogens (tertiary/aromatic N) is 7. The van der Waals surface area contributed by atoms with E-state index in [1.54, 1.807) is 9.58 Å². The van der Waals surface area contributed by atoms with E-state index in [0.717, 1.165) is 18.8 Å². The van der Waals surface area contributed by atoms with E-state index in [4.69, 9.17) is 0 Å². The fourth-order valence-corrected chi connectivity index (χ4v) is 3.31. The Balaban J connectivity index is 1.43. The summed E-state index contributed by atoms with van der Waals surface area (Å²) in [6.07, 6.45) is 1.40. The number of piperazine rings is 1. The van der Waals surface area contributed by atoms with Gasteiger partial charge in [0, 0.05) is 38.4 Å². The van der Waals surface area contributed by atoms with Crippen molar-refractivity contribution in [2.45, 2.75) is 20.0 Å². The van der Waals surface area contributed by atoms with Crippen molar-refractivity contribution in [2.75, 3.05) is 31.1 Å². The molecule has 1 fully saturated rings. The molecule has 9 nitrogen and oxygen atoms in total. The maximum atomic E-state index is 12.6. The van der Waals surface area contributed by atoms with Gasteiger partial charge in [-0.3, -0.25) is 14.2 Å². The zero-order valence-electron chi connectivity index (χ0n) is 15.2. The zero-order valence-corrected chi connectivity index (χ0v) is 15.2. The van der Waals surface area contributed by atoms with Gasteiger partial charge in [-0.1, -0.05) is 23.4 Å². The van der Waals surface area contributed by atoms with E-state index >= 15 is 0 Å². The number of anilines is 1. The molecule has 0 spiro atoms. The minimum Gasteiger partial charge on any atom is -0.368 e. The highest BCUT2D eigenvalue weighted by Gasteiger charge is 2.22. The highest BCUT2D eigenvalue weighted by Crippen LogP contribution is 2.15. The summed E-state index contributed by atoms with van der Waals surface area (Å²) in [6, 6.07) is 10.2. The second-order valence-electron chi connectivity index (χ2n) is 6.46. The molecular weight excluding hydrogens is 346 g/mol. The van der Waals surface area contributed by atoms with Crippen LogP contribution in [0.25, 0.3) is 11.2 Å². The van der Waals surface area contributed by atoms with E-state index in [9.17, 15) is 9.59 Å². The predicted octanol–water partition coefficient (Wildman–Crippen LogP) is 0.357. The smallest absolute Gasteiger partial charge is 0.283 e. The van der Waals surface area contributed by atoms with Crippen molar-refractivity contribution in [1.29, 1.82) is 0 Å². The minimum absolute atomic E-state index is 0.0356. The Morgan fingerprint density at radius 1 is 1.11 bits per heavy atom. The lowest BCUT2D eigenvalue weighted by molar-refractivity contribution is -0.132. The first-order valence-electron chi connectivity index (χ1n) is 9.03. The third kappa shape index (κ3) is 3.27. The van der Waals surface area contributed by atoms with Gasteiger partial charge >= 0.3 is 0 Å². The largest absolute Gasteiger partial charge is 0.368 e. The number of amides is 1. The lowest BCUT2D eigenvalue weighted by Gasteiger charge is -2.36.